The van der Waals surface area contributed by atoms with E-state index < -0.39 is 11.7 Å². The molecule has 0 amide bonds. The molecule has 0 unspecified atom stereocenters. The fourth-order valence-corrected chi connectivity index (χ4v) is 2.50. The first-order valence-corrected chi connectivity index (χ1v) is 7.28. The van der Waals surface area contributed by atoms with E-state index in [2.05, 4.69) is 0 Å². The zero-order valence-electron chi connectivity index (χ0n) is 12.6. The molecule has 3 rings (SSSR count). The molecule has 3 aromatic carbocycles. The van der Waals surface area contributed by atoms with Crippen LogP contribution in [0.15, 0.2) is 66.7 Å². The molecule has 0 fully saturated rings. The van der Waals surface area contributed by atoms with Gasteiger partial charge in [0.25, 0.3) is 0 Å². The number of hydrogen-bond acceptors (Lipinski definition) is 2. The van der Waals surface area contributed by atoms with E-state index >= 15 is 0 Å². The van der Waals surface area contributed by atoms with Crippen LogP contribution in [0.5, 0.6) is 0 Å². The number of halogens is 3. The molecule has 0 aliphatic heterocycles. The van der Waals surface area contributed by atoms with Crippen LogP contribution in [0.2, 0.25) is 0 Å². The van der Waals surface area contributed by atoms with Crippen molar-refractivity contribution < 1.29 is 13.2 Å². The first-order valence-electron chi connectivity index (χ1n) is 7.28. The third-order valence-corrected chi connectivity index (χ3v) is 3.82. The van der Waals surface area contributed by atoms with Gasteiger partial charge in [0.15, 0.2) is 0 Å². The summed E-state index contributed by atoms with van der Waals surface area (Å²) in [5.74, 6) is 0. The maximum atomic E-state index is 12.7. The zero-order valence-corrected chi connectivity index (χ0v) is 12.6. The van der Waals surface area contributed by atoms with Crippen molar-refractivity contribution in [3.63, 3.8) is 0 Å². The molecular weight excluding hydrogens is 313 g/mol. The Morgan fingerprint density at radius 1 is 0.625 bits per heavy atom. The van der Waals surface area contributed by atoms with Crippen LogP contribution in [0, 0.1) is 0 Å². The van der Waals surface area contributed by atoms with Crippen molar-refractivity contribution in [2.75, 3.05) is 11.5 Å². The number of benzene rings is 3. The van der Waals surface area contributed by atoms with Crippen LogP contribution in [0.3, 0.4) is 0 Å². The summed E-state index contributed by atoms with van der Waals surface area (Å²) in [6, 6.07) is 17.8. The molecule has 0 atom stereocenters. The van der Waals surface area contributed by atoms with E-state index in [1.807, 2.05) is 24.3 Å². The van der Waals surface area contributed by atoms with Gasteiger partial charge in [0, 0.05) is 16.9 Å². The van der Waals surface area contributed by atoms with Crippen LogP contribution in [-0.2, 0) is 6.18 Å². The van der Waals surface area contributed by atoms with Crippen LogP contribution < -0.4 is 11.5 Å². The lowest BCUT2D eigenvalue weighted by Gasteiger charge is -2.11. The van der Waals surface area contributed by atoms with Crippen LogP contribution >= 0.6 is 0 Å². The Kier molecular flexibility index (Phi) is 3.93. The second kappa shape index (κ2) is 5.92. The number of rotatable bonds is 2. The quantitative estimate of drug-likeness (QED) is 0.635. The number of alkyl halides is 3. The molecule has 0 radical (unpaired) electrons. The van der Waals surface area contributed by atoms with E-state index in [-0.39, 0.29) is 0 Å². The van der Waals surface area contributed by atoms with E-state index in [0.717, 1.165) is 23.3 Å². The molecule has 3 aromatic rings. The lowest BCUT2D eigenvalue weighted by Crippen LogP contribution is -2.04. The minimum atomic E-state index is -4.35. The monoisotopic (exact) mass is 328 g/mol. The Morgan fingerprint density at radius 2 is 1.17 bits per heavy atom. The lowest BCUT2D eigenvalue weighted by atomic mass is 9.97. The molecule has 122 valence electrons. The fourth-order valence-electron chi connectivity index (χ4n) is 2.50. The normalized spacial score (nSPS) is 11.5. The summed E-state index contributed by atoms with van der Waals surface area (Å²) in [6.07, 6.45) is -4.35. The van der Waals surface area contributed by atoms with Gasteiger partial charge in [-0.25, -0.2) is 0 Å². The van der Waals surface area contributed by atoms with Gasteiger partial charge in [-0.1, -0.05) is 30.3 Å². The van der Waals surface area contributed by atoms with E-state index in [0.29, 0.717) is 22.5 Å². The smallest absolute Gasteiger partial charge is 0.399 e. The largest absolute Gasteiger partial charge is 0.416 e. The van der Waals surface area contributed by atoms with Crippen molar-refractivity contribution in [1.29, 1.82) is 0 Å². The zero-order chi connectivity index (χ0) is 17.3. The summed E-state index contributed by atoms with van der Waals surface area (Å²) < 4.78 is 38.1. The maximum absolute atomic E-state index is 12.7. The van der Waals surface area contributed by atoms with Gasteiger partial charge < -0.3 is 11.5 Å². The first kappa shape index (κ1) is 15.9. The summed E-state index contributed by atoms with van der Waals surface area (Å²) in [4.78, 5) is 0. The summed E-state index contributed by atoms with van der Waals surface area (Å²) in [5, 5.41) is 0. The summed E-state index contributed by atoms with van der Waals surface area (Å²) in [5.41, 5.74) is 15.4. The highest BCUT2D eigenvalue weighted by Crippen LogP contribution is 2.34. The van der Waals surface area contributed by atoms with Gasteiger partial charge in [-0.05, 0) is 53.1 Å². The van der Waals surface area contributed by atoms with Crippen LogP contribution in [0.4, 0.5) is 24.5 Å². The summed E-state index contributed by atoms with van der Waals surface area (Å²) in [6.45, 7) is 0. The van der Waals surface area contributed by atoms with Gasteiger partial charge in [0.1, 0.15) is 0 Å². The number of hydrogen-bond donors (Lipinski definition) is 2. The van der Waals surface area contributed by atoms with E-state index in [4.69, 9.17) is 11.5 Å². The fraction of sp³-hybridized carbons (Fsp3) is 0.0526. The second-order valence-electron chi connectivity index (χ2n) is 5.50. The average Bonchev–Trinajstić information content (AvgIpc) is 2.55. The van der Waals surface area contributed by atoms with Crippen molar-refractivity contribution in [2.45, 2.75) is 6.18 Å². The second-order valence-corrected chi connectivity index (χ2v) is 5.50. The number of anilines is 2. The predicted molar refractivity (Wildman–Crippen MR) is 91.1 cm³/mol. The third-order valence-electron chi connectivity index (χ3n) is 3.82. The van der Waals surface area contributed by atoms with Crippen molar-refractivity contribution in [1.82, 2.24) is 0 Å². The molecule has 4 N–H and O–H groups in total. The first-order chi connectivity index (χ1) is 11.3. The van der Waals surface area contributed by atoms with E-state index in [1.165, 1.54) is 12.1 Å². The molecule has 0 aliphatic rings. The van der Waals surface area contributed by atoms with Crippen LogP contribution in [0.1, 0.15) is 5.56 Å². The highest BCUT2D eigenvalue weighted by atomic mass is 19.4. The highest BCUT2D eigenvalue weighted by Gasteiger charge is 2.30. The molecule has 0 spiro atoms. The summed E-state index contributed by atoms with van der Waals surface area (Å²) >= 11 is 0. The molecule has 2 nitrogen and oxygen atoms in total. The molecule has 24 heavy (non-hydrogen) atoms. The van der Waals surface area contributed by atoms with Gasteiger partial charge in [0.05, 0.1) is 5.56 Å². The predicted octanol–water partition coefficient (Wildman–Crippen LogP) is 5.20. The molecule has 0 bridgehead atoms. The maximum Gasteiger partial charge on any atom is 0.416 e. The van der Waals surface area contributed by atoms with Gasteiger partial charge in [0.2, 0.25) is 0 Å². The van der Waals surface area contributed by atoms with Gasteiger partial charge in [-0.15, -0.1) is 0 Å². The van der Waals surface area contributed by atoms with Gasteiger partial charge in [-0.3, -0.25) is 0 Å². The van der Waals surface area contributed by atoms with E-state index in [1.54, 1.807) is 18.2 Å². The standard InChI is InChI=1S/C19H15F3N2/c20-19(21,22)15-6-1-13(2-7-15)17-11-14(5-10-18(17)24)12-3-8-16(23)9-4-12/h1-11H,23-24H2. The van der Waals surface area contributed by atoms with Crippen molar-refractivity contribution >= 4 is 11.4 Å². The Morgan fingerprint density at radius 3 is 1.75 bits per heavy atom. The molecule has 0 aliphatic carbocycles. The molecule has 5 heteroatoms. The van der Waals surface area contributed by atoms with E-state index in [9.17, 15) is 13.2 Å². The van der Waals surface area contributed by atoms with Crippen LogP contribution in [0.25, 0.3) is 22.3 Å². The number of nitrogen functional groups attached to an aromatic ring is 2. The SMILES string of the molecule is Nc1ccc(-c2ccc(N)c(-c3ccc(C(F)(F)F)cc3)c2)cc1. The average molecular weight is 328 g/mol. The van der Waals surface area contributed by atoms with Gasteiger partial charge >= 0.3 is 6.18 Å². The third kappa shape index (κ3) is 3.20. The Labute approximate surface area is 137 Å². The van der Waals surface area contributed by atoms with Crippen molar-refractivity contribution in [3.8, 4) is 22.3 Å². The molecule has 0 heterocycles. The Balaban J connectivity index is 2.02. The van der Waals surface area contributed by atoms with Gasteiger partial charge in [-0.2, -0.15) is 13.2 Å². The number of nitrogens with two attached hydrogens (primary N) is 2. The minimum Gasteiger partial charge on any atom is -0.399 e. The Hall–Kier alpha value is -2.95. The minimum absolute atomic E-state index is 0.508. The molecular formula is C19H15F3N2. The topological polar surface area (TPSA) is 52.0 Å². The lowest BCUT2D eigenvalue weighted by molar-refractivity contribution is -0.137. The molecule has 0 saturated carbocycles. The van der Waals surface area contributed by atoms with Crippen LogP contribution in [-0.4, -0.2) is 0 Å². The van der Waals surface area contributed by atoms with Crippen molar-refractivity contribution in [3.05, 3.63) is 72.3 Å². The molecule has 0 saturated heterocycles. The summed E-state index contributed by atoms with van der Waals surface area (Å²) in [7, 11) is 0. The van der Waals surface area contributed by atoms with Crippen molar-refractivity contribution in [2.24, 2.45) is 0 Å². The Bertz CT molecular complexity index is 851. The molecule has 0 aromatic heterocycles. The highest BCUT2D eigenvalue weighted by molar-refractivity contribution is 5.82.